The van der Waals surface area contributed by atoms with Gasteiger partial charge in [-0.1, -0.05) is 19.9 Å². The van der Waals surface area contributed by atoms with E-state index < -0.39 is 129 Å². The summed E-state index contributed by atoms with van der Waals surface area (Å²) in [6.45, 7) is 6.52. The quantitative estimate of drug-likeness (QED) is 0.0631. The van der Waals surface area contributed by atoms with Gasteiger partial charge in [0, 0.05) is 0 Å². The monoisotopic (exact) mass is 804 g/mol. The smallest absolute Gasteiger partial charge is 0.314 e. The van der Waals surface area contributed by atoms with Crippen molar-refractivity contribution in [2.24, 2.45) is 28.1 Å². The standard InChI is InChI=1S/C38H60O18/c1-16-11-37-9-5-20-35(2,7-4-8-36(20,3)34(50)55-32-29(49)26(46)23(43)18(13-40)52-32)21(37)6-10-38(16,15-37)56-33-30(27(47)24(44)19(14-41)53-33)54-31-28(48)25(45)22(42)17(12-39)51-31/h17-33,39-49H,1,4-15H2,2-3H3/t17-,18+,19-,20-,21+,22-,23+,24+,25-,26-,27-,28-,29-,30+,31+,32-,33-,35-,36-,37+,38-/m0/s1. The summed E-state index contributed by atoms with van der Waals surface area (Å²) in [5.41, 5.74) is -1.80. The van der Waals surface area contributed by atoms with Crippen LogP contribution in [0.25, 0.3) is 0 Å². The molecule has 0 aromatic carbocycles. The molecule has 320 valence electrons. The van der Waals surface area contributed by atoms with Gasteiger partial charge in [0.2, 0.25) is 6.29 Å². The molecule has 0 aromatic heterocycles. The number of carbonyl (C=O) groups is 1. The minimum Gasteiger partial charge on any atom is -0.432 e. The fraction of sp³-hybridized carbons (Fsp3) is 0.921. The summed E-state index contributed by atoms with van der Waals surface area (Å²) in [5, 5.41) is 114. The zero-order valence-electron chi connectivity index (χ0n) is 31.8. The first-order valence-corrected chi connectivity index (χ1v) is 19.9. The normalized spacial score (nSPS) is 54.6. The molecule has 4 aliphatic carbocycles. The number of aliphatic hydroxyl groups excluding tert-OH is 11. The summed E-state index contributed by atoms with van der Waals surface area (Å²) in [4.78, 5) is 14.1. The van der Waals surface area contributed by atoms with E-state index in [1.807, 2.05) is 6.92 Å². The third-order valence-electron chi connectivity index (χ3n) is 15.0. The second-order valence-electron chi connectivity index (χ2n) is 18.0. The first-order valence-electron chi connectivity index (χ1n) is 19.9. The minimum atomic E-state index is -1.81. The van der Waals surface area contributed by atoms with Crippen molar-refractivity contribution in [3.63, 3.8) is 0 Å². The molecule has 7 rings (SSSR count). The molecule has 18 heteroatoms. The first kappa shape index (κ1) is 42.7. The Morgan fingerprint density at radius 3 is 1.82 bits per heavy atom. The van der Waals surface area contributed by atoms with Gasteiger partial charge in [-0.3, -0.25) is 4.79 Å². The van der Waals surface area contributed by atoms with E-state index in [4.69, 9.17) is 28.4 Å². The van der Waals surface area contributed by atoms with E-state index in [0.29, 0.717) is 44.9 Å². The maximum Gasteiger partial charge on any atom is 0.314 e. The Hall–Kier alpha value is -1.43. The number of carbonyl (C=O) groups excluding carboxylic acids is 1. The molecule has 2 bridgehead atoms. The fourth-order valence-corrected chi connectivity index (χ4v) is 12.0. The molecule has 3 heterocycles. The average molecular weight is 805 g/mol. The number of fused-ring (bicyclic) bond motifs is 3. The van der Waals surface area contributed by atoms with Crippen molar-refractivity contribution in [1.82, 2.24) is 0 Å². The number of rotatable bonds is 9. The van der Waals surface area contributed by atoms with Gasteiger partial charge in [0.05, 0.1) is 30.8 Å². The zero-order valence-corrected chi connectivity index (χ0v) is 31.8. The predicted octanol–water partition coefficient (Wildman–Crippen LogP) is -2.94. The van der Waals surface area contributed by atoms with Crippen LogP contribution in [0.5, 0.6) is 0 Å². The number of aliphatic hydroxyl groups is 11. The topological polar surface area (TPSA) is 295 Å². The number of hydrogen-bond donors (Lipinski definition) is 11. The average Bonchev–Trinajstić information content (AvgIpc) is 3.37. The molecular formula is C38H60O18. The maximum absolute atomic E-state index is 14.1. The lowest BCUT2D eigenvalue weighted by Gasteiger charge is -2.64. The molecule has 56 heavy (non-hydrogen) atoms. The van der Waals surface area contributed by atoms with Gasteiger partial charge < -0.3 is 84.6 Å². The summed E-state index contributed by atoms with van der Waals surface area (Å²) < 4.78 is 35.6. The largest absolute Gasteiger partial charge is 0.432 e. The van der Waals surface area contributed by atoms with Crippen LogP contribution in [-0.2, 0) is 33.2 Å². The van der Waals surface area contributed by atoms with Gasteiger partial charge in [0.15, 0.2) is 12.6 Å². The molecule has 7 fully saturated rings. The molecule has 3 saturated heterocycles. The van der Waals surface area contributed by atoms with Crippen molar-refractivity contribution in [3.8, 4) is 0 Å². The lowest BCUT2D eigenvalue weighted by Crippen LogP contribution is -2.65. The van der Waals surface area contributed by atoms with Gasteiger partial charge in [0.25, 0.3) is 0 Å². The van der Waals surface area contributed by atoms with E-state index in [1.54, 1.807) is 0 Å². The SMILES string of the molecule is C=C1C[C@@]23CC[C@H]4[C@](C)(CCC[C@]4(C)C(=O)O[C@@H]4O[C@H](CO)[C@@H](O)[C@H](O)[C@@H]4O)[C@H]2CC[C@]1(O[C@@H]1O[C@@H](CO)[C@@H](O)[C@H](O)[C@H]1O[C@H]1O[C@@H](CO)[C@H](O)[C@H](O)[C@@H]1O)C3. The Bertz CT molecular complexity index is 1450. The van der Waals surface area contributed by atoms with E-state index in [2.05, 4.69) is 13.5 Å². The lowest BCUT2D eigenvalue weighted by molar-refractivity contribution is -0.378. The van der Waals surface area contributed by atoms with Crippen molar-refractivity contribution in [2.45, 2.75) is 169 Å². The Morgan fingerprint density at radius 2 is 1.21 bits per heavy atom. The van der Waals surface area contributed by atoms with Crippen LogP contribution in [0.3, 0.4) is 0 Å². The third-order valence-corrected chi connectivity index (χ3v) is 15.0. The van der Waals surface area contributed by atoms with Gasteiger partial charge >= 0.3 is 5.97 Å². The van der Waals surface area contributed by atoms with E-state index in [1.165, 1.54) is 0 Å². The van der Waals surface area contributed by atoms with E-state index in [9.17, 15) is 61.0 Å². The van der Waals surface area contributed by atoms with Crippen LogP contribution >= 0.6 is 0 Å². The zero-order chi connectivity index (χ0) is 40.7. The third kappa shape index (κ3) is 6.69. The van der Waals surface area contributed by atoms with Crippen molar-refractivity contribution in [3.05, 3.63) is 12.2 Å². The van der Waals surface area contributed by atoms with Crippen LogP contribution in [-0.4, -0.2) is 180 Å². The van der Waals surface area contributed by atoms with Crippen LogP contribution < -0.4 is 0 Å². The first-order chi connectivity index (χ1) is 26.4. The van der Waals surface area contributed by atoms with E-state index in [0.717, 1.165) is 18.4 Å². The van der Waals surface area contributed by atoms with Gasteiger partial charge in [-0.15, -0.1) is 0 Å². The van der Waals surface area contributed by atoms with Crippen LogP contribution in [0.4, 0.5) is 0 Å². The van der Waals surface area contributed by atoms with E-state index >= 15 is 0 Å². The molecule has 11 N–H and O–H groups in total. The summed E-state index contributed by atoms with van der Waals surface area (Å²) in [6.07, 6.45) is -17.8. The number of ether oxygens (including phenoxy) is 6. The van der Waals surface area contributed by atoms with Crippen LogP contribution in [0.2, 0.25) is 0 Å². The van der Waals surface area contributed by atoms with Crippen molar-refractivity contribution in [2.75, 3.05) is 19.8 Å². The van der Waals surface area contributed by atoms with Gasteiger partial charge in [-0.25, -0.2) is 0 Å². The molecular weight excluding hydrogens is 744 g/mol. The molecule has 1 spiro atoms. The highest BCUT2D eigenvalue weighted by atomic mass is 16.8. The summed E-state index contributed by atoms with van der Waals surface area (Å²) >= 11 is 0. The minimum absolute atomic E-state index is 0.121. The Kier molecular flexibility index (Phi) is 11.9. The van der Waals surface area contributed by atoms with Gasteiger partial charge in [-0.05, 0) is 86.5 Å². The van der Waals surface area contributed by atoms with Gasteiger partial charge in [0.1, 0.15) is 73.2 Å². The van der Waals surface area contributed by atoms with Crippen LogP contribution in [0.1, 0.15) is 71.6 Å². The molecule has 0 amide bonds. The molecule has 21 atom stereocenters. The highest BCUT2D eigenvalue weighted by Crippen LogP contribution is 2.73. The molecule has 3 aliphatic heterocycles. The predicted molar refractivity (Wildman–Crippen MR) is 186 cm³/mol. The number of esters is 1. The molecule has 0 aromatic rings. The van der Waals surface area contributed by atoms with E-state index in [-0.39, 0.29) is 22.7 Å². The summed E-state index contributed by atoms with van der Waals surface area (Å²) in [6, 6.07) is 0. The molecule has 0 unspecified atom stereocenters. The summed E-state index contributed by atoms with van der Waals surface area (Å²) in [5.74, 6) is -0.591. The molecule has 18 nitrogen and oxygen atoms in total. The van der Waals surface area contributed by atoms with Crippen molar-refractivity contribution >= 4 is 5.97 Å². The van der Waals surface area contributed by atoms with Gasteiger partial charge in [-0.2, -0.15) is 0 Å². The fourth-order valence-electron chi connectivity index (χ4n) is 12.0. The highest BCUT2D eigenvalue weighted by molar-refractivity contribution is 5.77. The molecule has 0 radical (unpaired) electrons. The lowest BCUT2D eigenvalue weighted by atomic mass is 9.41. The number of hydrogen-bond acceptors (Lipinski definition) is 18. The second kappa shape index (κ2) is 15.6. The van der Waals surface area contributed by atoms with Crippen LogP contribution in [0.15, 0.2) is 12.2 Å². The maximum atomic E-state index is 14.1. The highest BCUT2D eigenvalue weighted by Gasteiger charge is 2.69. The Labute approximate surface area is 324 Å². The summed E-state index contributed by atoms with van der Waals surface area (Å²) in [7, 11) is 0. The van der Waals surface area contributed by atoms with Crippen LogP contribution in [0, 0.1) is 28.1 Å². The molecule has 7 aliphatic rings. The Balaban J connectivity index is 1.10. The second-order valence-corrected chi connectivity index (χ2v) is 18.0. The van der Waals surface area contributed by atoms with Crippen molar-refractivity contribution in [1.29, 1.82) is 0 Å². The Morgan fingerprint density at radius 1 is 0.679 bits per heavy atom. The van der Waals surface area contributed by atoms with Crippen molar-refractivity contribution < 1.29 is 89.4 Å². The molecule has 4 saturated carbocycles.